The number of hydrogen-bond donors (Lipinski definition) is 0. The molecule has 0 spiro atoms. The van der Waals surface area contributed by atoms with Crippen LogP contribution >= 0.6 is 0 Å². The zero-order valence-corrected chi connectivity index (χ0v) is 10.7. The van der Waals surface area contributed by atoms with E-state index >= 15 is 0 Å². The topological polar surface area (TPSA) is 37.4 Å². The lowest BCUT2D eigenvalue weighted by Gasteiger charge is -2.30. The molecule has 1 amide bonds. The molecule has 102 valence electrons. The van der Waals surface area contributed by atoms with E-state index in [4.69, 9.17) is 0 Å². The van der Waals surface area contributed by atoms with Gasteiger partial charge in [0, 0.05) is 32.0 Å². The van der Waals surface area contributed by atoms with Crippen LogP contribution in [0, 0.1) is 17.6 Å². The van der Waals surface area contributed by atoms with E-state index in [1.165, 1.54) is 13.0 Å². The van der Waals surface area contributed by atoms with Gasteiger partial charge in [0.15, 0.2) is 5.78 Å². The lowest BCUT2D eigenvalue weighted by atomic mass is 9.88. The largest absolute Gasteiger partial charge is 0.343 e. The van der Waals surface area contributed by atoms with Gasteiger partial charge in [0.25, 0.3) is 0 Å². The van der Waals surface area contributed by atoms with Crippen LogP contribution in [0.1, 0.15) is 30.1 Å². The van der Waals surface area contributed by atoms with E-state index in [9.17, 15) is 18.4 Å². The number of carbonyl (C=O) groups is 2. The quantitative estimate of drug-likeness (QED) is 0.772. The molecule has 0 saturated carbocycles. The van der Waals surface area contributed by atoms with Gasteiger partial charge >= 0.3 is 0 Å². The van der Waals surface area contributed by atoms with Crippen molar-refractivity contribution in [3.8, 4) is 0 Å². The van der Waals surface area contributed by atoms with Crippen LogP contribution in [0.4, 0.5) is 8.78 Å². The number of hydrogen-bond acceptors (Lipinski definition) is 2. The number of halogens is 2. The first-order chi connectivity index (χ1) is 8.99. The number of Topliss-reactive ketones (excluding diaryl/α,β-unsaturated/α-hetero) is 1. The maximum Gasteiger partial charge on any atom is 0.219 e. The van der Waals surface area contributed by atoms with Crippen LogP contribution in [0.25, 0.3) is 0 Å². The zero-order valence-electron chi connectivity index (χ0n) is 10.7. The van der Waals surface area contributed by atoms with Gasteiger partial charge in [-0.15, -0.1) is 0 Å². The van der Waals surface area contributed by atoms with Crippen molar-refractivity contribution in [3.05, 3.63) is 35.4 Å². The molecule has 5 heteroatoms. The van der Waals surface area contributed by atoms with Crippen LogP contribution in [0.2, 0.25) is 0 Å². The van der Waals surface area contributed by atoms with E-state index in [1.807, 2.05) is 0 Å². The van der Waals surface area contributed by atoms with Gasteiger partial charge in [-0.2, -0.15) is 0 Å². The highest BCUT2D eigenvalue weighted by Gasteiger charge is 2.28. The van der Waals surface area contributed by atoms with Crippen molar-refractivity contribution < 1.29 is 18.4 Å². The standard InChI is InChI=1S/C14H15F2NO2/c1-9(18)17-6-4-10(5-7-17)14(19)12-3-2-11(15)8-13(12)16/h2-3,8,10H,4-7H2,1H3. The molecule has 0 bridgehead atoms. The Morgan fingerprint density at radius 3 is 2.37 bits per heavy atom. The summed E-state index contributed by atoms with van der Waals surface area (Å²) >= 11 is 0. The van der Waals surface area contributed by atoms with E-state index in [0.717, 1.165) is 12.1 Å². The third-order valence-corrected chi connectivity index (χ3v) is 3.51. The van der Waals surface area contributed by atoms with E-state index in [2.05, 4.69) is 0 Å². The fourth-order valence-corrected chi connectivity index (χ4v) is 2.37. The van der Waals surface area contributed by atoms with Crippen molar-refractivity contribution in [1.29, 1.82) is 0 Å². The number of carbonyl (C=O) groups excluding carboxylic acids is 2. The normalized spacial score (nSPS) is 16.5. The van der Waals surface area contributed by atoms with Gasteiger partial charge in [0.1, 0.15) is 11.6 Å². The van der Waals surface area contributed by atoms with Crippen molar-refractivity contribution in [1.82, 2.24) is 4.90 Å². The molecule has 19 heavy (non-hydrogen) atoms. The minimum Gasteiger partial charge on any atom is -0.343 e. The molecule has 0 aromatic heterocycles. The lowest BCUT2D eigenvalue weighted by molar-refractivity contribution is -0.130. The van der Waals surface area contributed by atoms with Crippen molar-refractivity contribution in [2.75, 3.05) is 13.1 Å². The Morgan fingerprint density at radius 2 is 1.84 bits per heavy atom. The van der Waals surface area contributed by atoms with Gasteiger partial charge in [0.05, 0.1) is 5.56 Å². The molecule has 1 aromatic rings. The molecule has 2 rings (SSSR count). The van der Waals surface area contributed by atoms with Gasteiger partial charge < -0.3 is 4.90 Å². The molecular formula is C14H15F2NO2. The predicted octanol–water partition coefficient (Wildman–Crippen LogP) is 2.41. The van der Waals surface area contributed by atoms with Crippen LogP contribution in [0.3, 0.4) is 0 Å². The molecule has 0 unspecified atom stereocenters. The van der Waals surface area contributed by atoms with Crippen molar-refractivity contribution in [3.63, 3.8) is 0 Å². The molecule has 0 aliphatic carbocycles. The summed E-state index contributed by atoms with van der Waals surface area (Å²) in [6.45, 7) is 2.50. The number of rotatable bonds is 2. The highest BCUT2D eigenvalue weighted by molar-refractivity contribution is 5.98. The van der Waals surface area contributed by atoms with Gasteiger partial charge in [-0.1, -0.05) is 0 Å². The second-order valence-electron chi connectivity index (χ2n) is 4.77. The first-order valence-corrected chi connectivity index (χ1v) is 6.24. The molecule has 0 N–H and O–H groups in total. The van der Waals surface area contributed by atoms with Crippen LogP contribution in [0.5, 0.6) is 0 Å². The monoisotopic (exact) mass is 267 g/mol. The molecule has 1 aliphatic rings. The maximum atomic E-state index is 13.5. The van der Waals surface area contributed by atoms with Crippen molar-refractivity contribution in [2.45, 2.75) is 19.8 Å². The third-order valence-electron chi connectivity index (χ3n) is 3.51. The maximum absolute atomic E-state index is 13.5. The number of nitrogens with zero attached hydrogens (tertiary/aromatic N) is 1. The summed E-state index contributed by atoms with van der Waals surface area (Å²) in [5, 5.41) is 0. The molecule has 3 nitrogen and oxygen atoms in total. The summed E-state index contributed by atoms with van der Waals surface area (Å²) in [7, 11) is 0. The average molecular weight is 267 g/mol. The average Bonchev–Trinajstić information content (AvgIpc) is 2.38. The molecule has 1 aliphatic heterocycles. The second kappa shape index (κ2) is 5.47. The summed E-state index contributed by atoms with van der Waals surface area (Å²) in [4.78, 5) is 25.0. The number of piperidine rings is 1. The number of likely N-dealkylation sites (tertiary alicyclic amines) is 1. The summed E-state index contributed by atoms with van der Waals surface area (Å²) in [6.07, 6.45) is 1.05. The fraction of sp³-hybridized carbons (Fsp3) is 0.429. The number of benzene rings is 1. The predicted molar refractivity (Wildman–Crippen MR) is 65.7 cm³/mol. The van der Waals surface area contributed by atoms with Crippen LogP contribution < -0.4 is 0 Å². The minimum atomic E-state index is -0.820. The van der Waals surface area contributed by atoms with Gasteiger partial charge in [-0.3, -0.25) is 9.59 Å². The highest BCUT2D eigenvalue weighted by Crippen LogP contribution is 2.23. The molecule has 1 fully saturated rings. The Hall–Kier alpha value is -1.78. The van der Waals surface area contributed by atoms with E-state index < -0.39 is 11.6 Å². The van der Waals surface area contributed by atoms with Crippen LogP contribution in [-0.2, 0) is 4.79 Å². The number of ketones is 1. The zero-order chi connectivity index (χ0) is 14.0. The molecule has 1 heterocycles. The lowest BCUT2D eigenvalue weighted by Crippen LogP contribution is -2.39. The van der Waals surface area contributed by atoms with E-state index in [0.29, 0.717) is 25.9 Å². The highest BCUT2D eigenvalue weighted by atomic mass is 19.1. The molecule has 1 saturated heterocycles. The second-order valence-corrected chi connectivity index (χ2v) is 4.77. The summed E-state index contributed by atoms with van der Waals surface area (Å²) in [5.74, 6) is -2.13. The SMILES string of the molecule is CC(=O)N1CCC(C(=O)c2ccc(F)cc2F)CC1. The Labute approximate surface area is 110 Å². The van der Waals surface area contributed by atoms with Gasteiger partial charge in [-0.05, 0) is 25.0 Å². The Morgan fingerprint density at radius 1 is 1.21 bits per heavy atom. The first kappa shape index (κ1) is 13.6. The number of amides is 1. The van der Waals surface area contributed by atoms with Crippen LogP contribution in [-0.4, -0.2) is 29.7 Å². The molecule has 0 atom stereocenters. The Bertz CT molecular complexity index is 508. The molecular weight excluding hydrogens is 252 g/mol. The Kier molecular flexibility index (Phi) is 3.93. The van der Waals surface area contributed by atoms with Gasteiger partial charge in [-0.25, -0.2) is 8.78 Å². The summed E-state index contributed by atoms with van der Waals surface area (Å²) in [5.41, 5.74) is -0.0670. The van der Waals surface area contributed by atoms with Crippen LogP contribution in [0.15, 0.2) is 18.2 Å². The first-order valence-electron chi connectivity index (χ1n) is 6.24. The van der Waals surface area contributed by atoms with E-state index in [1.54, 1.807) is 4.90 Å². The Balaban J connectivity index is 2.07. The fourth-order valence-electron chi connectivity index (χ4n) is 2.37. The van der Waals surface area contributed by atoms with E-state index in [-0.39, 0.29) is 23.2 Å². The molecule has 1 aromatic carbocycles. The van der Waals surface area contributed by atoms with Crippen molar-refractivity contribution >= 4 is 11.7 Å². The summed E-state index contributed by atoms with van der Waals surface area (Å²) < 4.78 is 26.3. The van der Waals surface area contributed by atoms with Gasteiger partial charge in [0.2, 0.25) is 5.91 Å². The van der Waals surface area contributed by atoms with Crippen molar-refractivity contribution in [2.24, 2.45) is 5.92 Å². The molecule has 0 radical (unpaired) electrons. The summed E-state index contributed by atoms with van der Waals surface area (Å²) in [6, 6.07) is 2.99. The third kappa shape index (κ3) is 2.97. The minimum absolute atomic E-state index is 0.0149. The smallest absolute Gasteiger partial charge is 0.219 e.